The SMILES string of the molecule is CC(CCC(=O)N1CC2C[C@H]1CN2c1cccc(F)c1)C(N)=O. The largest absolute Gasteiger partial charge is 0.369 e. The second-order valence-electron chi connectivity index (χ2n) is 6.56. The van der Waals surface area contributed by atoms with E-state index in [-0.39, 0.29) is 35.6 Å². The number of fused-ring (bicyclic) bond motifs is 2. The third-order valence-corrected chi connectivity index (χ3v) is 4.98. The highest BCUT2D eigenvalue weighted by Gasteiger charge is 2.45. The summed E-state index contributed by atoms with van der Waals surface area (Å²) in [6.07, 6.45) is 1.77. The van der Waals surface area contributed by atoms with Crippen molar-refractivity contribution in [2.45, 2.75) is 38.3 Å². The summed E-state index contributed by atoms with van der Waals surface area (Å²) in [6, 6.07) is 7.03. The molecule has 2 heterocycles. The number of rotatable bonds is 5. The van der Waals surface area contributed by atoms with Crippen LogP contribution >= 0.6 is 0 Å². The number of hydrogen-bond acceptors (Lipinski definition) is 3. The zero-order valence-electron chi connectivity index (χ0n) is 13.2. The molecule has 0 saturated carbocycles. The van der Waals surface area contributed by atoms with Crippen LogP contribution < -0.4 is 10.6 Å². The van der Waals surface area contributed by atoms with E-state index >= 15 is 0 Å². The van der Waals surface area contributed by atoms with Gasteiger partial charge in [0, 0.05) is 37.2 Å². The van der Waals surface area contributed by atoms with Gasteiger partial charge >= 0.3 is 0 Å². The van der Waals surface area contributed by atoms with Crippen LogP contribution in [0.25, 0.3) is 0 Å². The Balaban J connectivity index is 1.58. The Kier molecular flexibility index (Phi) is 4.24. The van der Waals surface area contributed by atoms with E-state index in [0.29, 0.717) is 19.4 Å². The zero-order valence-corrected chi connectivity index (χ0v) is 13.2. The van der Waals surface area contributed by atoms with Crippen LogP contribution in [0.1, 0.15) is 26.2 Å². The molecule has 2 aliphatic rings. The molecule has 2 N–H and O–H groups in total. The minimum atomic E-state index is -0.363. The van der Waals surface area contributed by atoms with E-state index < -0.39 is 0 Å². The molecule has 5 nitrogen and oxygen atoms in total. The monoisotopic (exact) mass is 319 g/mol. The number of piperazine rings is 1. The fraction of sp³-hybridized carbons (Fsp3) is 0.529. The molecular weight excluding hydrogens is 297 g/mol. The molecule has 1 aromatic carbocycles. The molecular formula is C17H22FN3O2. The van der Waals surface area contributed by atoms with Crippen molar-refractivity contribution in [2.75, 3.05) is 18.0 Å². The molecule has 23 heavy (non-hydrogen) atoms. The lowest BCUT2D eigenvalue weighted by Crippen LogP contribution is -2.49. The predicted octanol–water partition coefficient (Wildman–Crippen LogP) is 1.52. The van der Waals surface area contributed by atoms with Gasteiger partial charge in [-0.15, -0.1) is 0 Å². The first kappa shape index (κ1) is 15.8. The maximum Gasteiger partial charge on any atom is 0.222 e. The highest BCUT2D eigenvalue weighted by atomic mass is 19.1. The van der Waals surface area contributed by atoms with Crippen molar-refractivity contribution >= 4 is 17.5 Å². The molecule has 3 atom stereocenters. The first-order valence-electron chi connectivity index (χ1n) is 8.06. The summed E-state index contributed by atoms with van der Waals surface area (Å²) in [5.74, 6) is -0.788. The number of primary amides is 1. The third kappa shape index (κ3) is 3.16. The van der Waals surface area contributed by atoms with E-state index in [1.54, 1.807) is 19.1 Å². The van der Waals surface area contributed by atoms with Crippen molar-refractivity contribution in [3.63, 3.8) is 0 Å². The van der Waals surface area contributed by atoms with Crippen molar-refractivity contribution in [1.82, 2.24) is 4.90 Å². The van der Waals surface area contributed by atoms with Gasteiger partial charge in [-0.05, 0) is 31.0 Å². The van der Waals surface area contributed by atoms with Gasteiger partial charge in [0.15, 0.2) is 0 Å². The Morgan fingerprint density at radius 2 is 2.13 bits per heavy atom. The van der Waals surface area contributed by atoms with E-state index in [1.165, 1.54) is 6.07 Å². The number of nitrogens with zero attached hydrogens (tertiary/aromatic N) is 2. The number of benzene rings is 1. The highest BCUT2D eigenvalue weighted by molar-refractivity contribution is 5.80. The smallest absolute Gasteiger partial charge is 0.222 e. The zero-order chi connectivity index (χ0) is 16.6. The van der Waals surface area contributed by atoms with Crippen molar-refractivity contribution in [3.8, 4) is 0 Å². The van der Waals surface area contributed by atoms with Gasteiger partial charge < -0.3 is 15.5 Å². The summed E-state index contributed by atoms with van der Waals surface area (Å²) in [7, 11) is 0. The Bertz CT molecular complexity index is 622. The molecule has 2 fully saturated rings. The molecule has 0 aliphatic carbocycles. The van der Waals surface area contributed by atoms with Crippen LogP contribution in [0.3, 0.4) is 0 Å². The van der Waals surface area contributed by atoms with Crippen molar-refractivity contribution in [3.05, 3.63) is 30.1 Å². The third-order valence-electron chi connectivity index (χ3n) is 4.98. The number of halogens is 1. The molecule has 0 radical (unpaired) electrons. The van der Waals surface area contributed by atoms with E-state index in [1.807, 2.05) is 11.0 Å². The quantitative estimate of drug-likeness (QED) is 0.895. The lowest BCUT2D eigenvalue weighted by molar-refractivity contribution is -0.132. The predicted molar refractivity (Wildman–Crippen MR) is 85.2 cm³/mol. The topological polar surface area (TPSA) is 66.6 Å². The Morgan fingerprint density at radius 3 is 2.74 bits per heavy atom. The fourth-order valence-corrected chi connectivity index (χ4v) is 3.57. The Labute approximate surface area is 135 Å². The summed E-state index contributed by atoms with van der Waals surface area (Å²) < 4.78 is 13.4. The molecule has 124 valence electrons. The van der Waals surface area contributed by atoms with Gasteiger partial charge in [0.2, 0.25) is 11.8 Å². The van der Waals surface area contributed by atoms with Gasteiger partial charge in [0.05, 0.1) is 6.04 Å². The summed E-state index contributed by atoms with van der Waals surface area (Å²) in [6.45, 7) is 3.16. The highest BCUT2D eigenvalue weighted by Crippen LogP contribution is 2.35. The normalized spacial score (nSPS) is 24.1. The Morgan fingerprint density at radius 1 is 1.35 bits per heavy atom. The molecule has 3 rings (SSSR count). The number of anilines is 1. The van der Waals surface area contributed by atoms with Crippen LogP contribution in [0.4, 0.5) is 10.1 Å². The van der Waals surface area contributed by atoms with Crippen LogP contribution in [0.5, 0.6) is 0 Å². The average molecular weight is 319 g/mol. The van der Waals surface area contributed by atoms with E-state index in [2.05, 4.69) is 4.90 Å². The molecule has 2 saturated heterocycles. The van der Waals surface area contributed by atoms with Gasteiger partial charge in [-0.25, -0.2) is 4.39 Å². The maximum absolute atomic E-state index is 13.4. The van der Waals surface area contributed by atoms with Crippen molar-refractivity contribution in [1.29, 1.82) is 0 Å². The van der Waals surface area contributed by atoms with Gasteiger partial charge in [0.25, 0.3) is 0 Å². The van der Waals surface area contributed by atoms with Crippen LogP contribution in [-0.2, 0) is 9.59 Å². The molecule has 6 heteroatoms. The molecule has 2 bridgehead atoms. The van der Waals surface area contributed by atoms with Gasteiger partial charge in [0.1, 0.15) is 5.82 Å². The molecule has 2 unspecified atom stereocenters. The minimum absolute atomic E-state index is 0.0875. The lowest BCUT2D eigenvalue weighted by atomic mass is 10.0. The molecule has 2 aliphatic heterocycles. The number of hydrogen-bond donors (Lipinski definition) is 1. The fourth-order valence-electron chi connectivity index (χ4n) is 3.57. The summed E-state index contributed by atoms with van der Waals surface area (Å²) in [4.78, 5) is 27.5. The van der Waals surface area contributed by atoms with Gasteiger partial charge in [-0.3, -0.25) is 9.59 Å². The standard InChI is InChI=1S/C17H22FN3O2/c1-11(17(19)23)5-6-16(22)21-10-14-8-15(21)9-20(14)13-4-2-3-12(18)7-13/h2-4,7,11,14-15H,5-6,8-10H2,1H3,(H2,19,23)/t11?,14?,15-/m0/s1. The van der Waals surface area contributed by atoms with Crippen molar-refractivity contribution in [2.24, 2.45) is 11.7 Å². The minimum Gasteiger partial charge on any atom is -0.369 e. The number of carbonyl (C=O) groups is 2. The van der Waals surface area contributed by atoms with Crippen LogP contribution in [0.15, 0.2) is 24.3 Å². The molecule has 1 aromatic rings. The van der Waals surface area contributed by atoms with Crippen LogP contribution in [0, 0.1) is 11.7 Å². The maximum atomic E-state index is 13.4. The molecule has 2 amide bonds. The second-order valence-corrected chi connectivity index (χ2v) is 6.56. The van der Waals surface area contributed by atoms with Gasteiger partial charge in [-0.2, -0.15) is 0 Å². The first-order valence-corrected chi connectivity index (χ1v) is 8.06. The summed E-state index contributed by atoms with van der Waals surface area (Å²) >= 11 is 0. The van der Waals surface area contributed by atoms with E-state index in [4.69, 9.17) is 5.73 Å². The van der Waals surface area contributed by atoms with Crippen LogP contribution in [-0.4, -0.2) is 41.9 Å². The van der Waals surface area contributed by atoms with E-state index in [9.17, 15) is 14.0 Å². The average Bonchev–Trinajstić information content (AvgIpc) is 3.12. The first-order chi connectivity index (χ1) is 11.0. The lowest BCUT2D eigenvalue weighted by Gasteiger charge is -2.35. The number of carbonyl (C=O) groups excluding carboxylic acids is 2. The summed E-state index contributed by atoms with van der Waals surface area (Å²) in [5, 5.41) is 0. The number of nitrogens with two attached hydrogens (primary N) is 1. The number of amides is 2. The van der Waals surface area contributed by atoms with Crippen LogP contribution in [0.2, 0.25) is 0 Å². The molecule has 0 aromatic heterocycles. The van der Waals surface area contributed by atoms with Crippen molar-refractivity contribution < 1.29 is 14.0 Å². The summed E-state index contributed by atoms with van der Waals surface area (Å²) in [5.41, 5.74) is 6.11. The second kappa shape index (κ2) is 6.18. The Hall–Kier alpha value is -2.11. The molecule has 0 spiro atoms. The van der Waals surface area contributed by atoms with E-state index in [0.717, 1.165) is 18.7 Å². The van der Waals surface area contributed by atoms with Gasteiger partial charge in [-0.1, -0.05) is 13.0 Å². The number of likely N-dealkylation sites (tertiary alicyclic amines) is 1.